The van der Waals surface area contributed by atoms with Gasteiger partial charge in [0.05, 0.1) is 0 Å². The second-order valence-electron chi connectivity index (χ2n) is 2.25. The van der Waals surface area contributed by atoms with E-state index >= 15 is 0 Å². The van der Waals surface area contributed by atoms with Crippen LogP contribution in [0.3, 0.4) is 0 Å². The molecule has 1 aromatic rings. The van der Waals surface area contributed by atoms with E-state index in [-0.39, 0.29) is 5.56 Å². The van der Waals surface area contributed by atoms with Crippen LogP contribution in [0.25, 0.3) is 0 Å². The van der Waals surface area contributed by atoms with Gasteiger partial charge in [0.1, 0.15) is 5.82 Å². The molecule has 0 aliphatic carbocycles. The first-order chi connectivity index (χ1) is 5.97. The molecule has 1 aromatic carbocycles. The lowest BCUT2D eigenvalue weighted by molar-refractivity contribution is -0.0696. The van der Waals surface area contributed by atoms with Crippen LogP contribution < -0.4 is 0 Å². The molecule has 0 saturated heterocycles. The Morgan fingerprint density at radius 3 is 2.00 bits per heavy atom. The fraction of sp³-hybridized carbons (Fsp3) is 0.111. The molecule has 0 saturated carbocycles. The Labute approximate surface area is 72.2 Å². The Hall–Kier alpha value is -1.50. The van der Waals surface area contributed by atoms with Crippen LogP contribution in [-0.4, -0.2) is 6.18 Å². The molecule has 0 fully saturated rings. The summed E-state index contributed by atoms with van der Waals surface area (Å²) in [4.78, 5) is 0. The highest BCUT2D eigenvalue weighted by Gasteiger charge is 2.22. The minimum absolute atomic E-state index is 0.138. The largest absolute Gasteiger partial charge is 0.458 e. The zero-order valence-electron chi connectivity index (χ0n) is 6.32. The Bertz CT molecular complexity index is 337. The van der Waals surface area contributed by atoms with Crippen molar-refractivity contribution in [3.63, 3.8) is 0 Å². The summed E-state index contributed by atoms with van der Waals surface area (Å²) in [6, 6.07) is 4.49. The maximum atomic E-state index is 12.3. The second-order valence-corrected chi connectivity index (χ2v) is 2.25. The summed E-state index contributed by atoms with van der Waals surface area (Å²) in [6.07, 6.45) is -4.51. The average Bonchev–Trinajstić information content (AvgIpc) is 2.02. The van der Waals surface area contributed by atoms with Gasteiger partial charge in [-0.3, -0.25) is 0 Å². The van der Waals surface area contributed by atoms with Crippen LogP contribution in [0, 0.1) is 17.7 Å². The van der Waals surface area contributed by atoms with Gasteiger partial charge < -0.3 is 0 Å². The van der Waals surface area contributed by atoms with E-state index in [1.54, 1.807) is 0 Å². The van der Waals surface area contributed by atoms with E-state index in [4.69, 9.17) is 0 Å². The number of benzene rings is 1. The Kier molecular flexibility index (Phi) is 2.57. The summed E-state index contributed by atoms with van der Waals surface area (Å²) in [5.74, 6) is 2.45. The van der Waals surface area contributed by atoms with Crippen molar-refractivity contribution in [3.8, 4) is 11.8 Å². The SMILES string of the molecule is Fc1ccc(C#CC(F)(F)F)cc1. The first-order valence-electron chi connectivity index (χ1n) is 3.33. The lowest BCUT2D eigenvalue weighted by Crippen LogP contribution is -2.01. The lowest BCUT2D eigenvalue weighted by Gasteiger charge is -1.92. The van der Waals surface area contributed by atoms with Gasteiger partial charge in [0.25, 0.3) is 0 Å². The summed E-state index contributed by atoms with van der Waals surface area (Å²) in [7, 11) is 0. The van der Waals surface area contributed by atoms with Crippen molar-refractivity contribution >= 4 is 0 Å². The van der Waals surface area contributed by atoms with Gasteiger partial charge in [-0.05, 0) is 24.3 Å². The molecule has 0 aliphatic heterocycles. The highest BCUT2D eigenvalue weighted by atomic mass is 19.4. The summed E-state index contributed by atoms with van der Waals surface area (Å²) in [6.45, 7) is 0. The van der Waals surface area contributed by atoms with Gasteiger partial charge in [-0.2, -0.15) is 13.2 Å². The topological polar surface area (TPSA) is 0 Å². The Balaban J connectivity index is 2.85. The molecule has 1 rings (SSSR count). The van der Waals surface area contributed by atoms with E-state index in [9.17, 15) is 17.6 Å². The predicted molar refractivity (Wildman–Crippen MR) is 39.3 cm³/mol. The van der Waals surface area contributed by atoms with Crippen LogP contribution in [0.1, 0.15) is 5.56 Å². The molecule has 0 bridgehead atoms. The first kappa shape index (κ1) is 9.59. The number of rotatable bonds is 0. The van der Waals surface area contributed by atoms with Crippen LogP contribution in [0.5, 0.6) is 0 Å². The molecule has 0 N–H and O–H groups in total. The number of halogens is 4. The molecule has 0 atom stereocenters. The molecule has 0 aliphatic rings. The van der Waals surface area contributed by atoms with Crippen molar-refractivity contribution in [1.29, 1.82) is 0 Å². The lowest BCUT2D eigenvalue weighted by atomic mass is 10.2. The zero-order chi connectivity index (χ0) is 9.90. The molecule has 0 radical (unpaired) electrons. The fourth-order valence-electron chi connectivity index (χ4n) is 0.676. The molecule has 0 unspecified atom stereocenters. The predicted octanol–water partition coefficient (Wildman–Crippen LogP) is 2.74. The maximum absolute atomic E-state index is 12.3. The first-order valence-corrected chi connectivity index (χ1v) is 3.33. The number of hydrogen-bond acceptors (Lipinski definition) is 0. The zero-order valence-corrected chi connectivity index (χ0v) is 6.32. The van der Waals surface area contributed by atoms with Gasteiger partial charge in [-0.1, -0.05) is 5.92 Å². The van der Waals surface area contributed by atoms with Crippen molar-refractivity contribution in [1.82, 2.24) is 0 Å². The van der Waals surface area contributed by atoms with Gasteiger partial charge >= 0.3 is 6.18 Å². The van der Waals surface area contributed by atoms with Crippen molar-refractivity contribution in [3.05, 3.63) is 35.6 Å². The standard InChI is InChI=1S/C9H4F4/c10-8-3-1-7(2-4-8)5-6-9(11,12)13/h1-4H. The van der Waals surface area contributed by atoms with Crippen LogP contribution >= 0.6 is 0 Å². The summed E-state index contributed by atoms with van der Waals surface area (Å²) in [5, 5.41) is 0. The quantitative estimate of drug-likeness (QED) is 0.433. The average molecular weight is 188 g/mol. The van der Waals surface area contributed by atoms with Gasteiger partial charge in [0.15, 0.2) is 0 Å². The van der Waals surface area contributed by atoms with Crippen LogP contribution in [0.15, 0.2) is 24.3 Å². The van der Waals surface area contributed by atoms with E-state index in [0.29, 0.717) is 0 Å². The second kappa shape index (κ2) is 3.48. The van der Waals surface area contributed by atoms with E-state index in [2.05, 4.69) is 0 Å². The molecule has 0 nitrogen and oxygen atoms in total. The molecule has 0 aromatic heterocycles. The molecule has 68 valence electrons. The summed E-state index contributed by atoms with van der Waals surface area (Å²) in [5.41, 5.74) is 0.138. The van der Waals surface area contributed by atoms with Crippen LogP contribution in [-0.2, 0) is 0 Å². The van der Waals surface area contributed by atoms with Crippen LogP contribution in [0.4, 0.5) is 17.6 Å². The van der Waals surface area contributed by atoms with E-state index < -0.39 is 12.0 Å². The van der Waals surface area contributed by atoms with Crippen molar-refractivity contribution in [2.24, 2.45) is 0 Å². The third-order valence-electron chi connectivity index (χ3n) is 1.19. The number of hydrogen-bond donors (Lipinski definition) is 0. The third-order valence-corrected chi connectivity index (χ3v) is 1.19. The third kappa shape index (κ3) is 3.61. The maximum Gasteiger partial charge on any atom is 0.458 e. The van der Waals surface area contributed by atoms with Crippen molar-refractivity contribution < 1.29 is 17.6 Å². The molecule has 13 heavy (non-hydrogen) atoms. The van der Waals surface area contributed by atoms with Gasteiger partial charge in [0.2, 0.25) is 0 Å². The monoisotopic (exact) mass is 188 g/mol. The van der Waals surface area contributed by atoms with Crippen molar-refractivity contribution in [2.45, 2.75) is 6.18 Å². The van der Waals surface area contributed by atoms with Crippen LogP contribution in [0.2, 0.25) is 0 Å². The molecule has 0 amide bonds. The minimum Gasteiger partial charge on any atom is -0.207 e. The Morgan fingerprint density at radius 2 is 1.54 bits per heavy atom. The van der Waals surface area contributed by atoms with Gasteiger partial charge in [0, 0.05) is 11.5 Å². The summed E-state index contributed by atoms with van der Waals surface area (Å²) < 4.78 is 47.0. The Morgan fingerprint density at radius 1 is 1.00 bits per heavy atom. The summed E-state index contributed by atoms with van der Waals surface area (Å²) >= 11 is 0. The van der Waals surface area contributed by atoms with E-state index in [0.717, 1.165) is 18.1 Å². The molecular weight excluding hydrogens is 184 g/mol. The van der Waals surface area contributed by atoms with Gasteiger partial charge in [-0.15, -0.1) is 0 Å². The van der Waals surface area contributed by atoms with Crippen molar-refractivity contribution in [2.75, 3.05) is 0 Å². The number of alkyl halides is 3. The minimum atomic E-state index is -4.51. The smallest absolute Gasteiger partial charge is 0.207 e. The van der Waals surface area contributed by atoms with E-state index in [1.165, 1.54) is 12.1 Å². The van der Waals surface area contributed by atoms with E-state index in [1.807, 2.05) is 5.92 Å². The highest BCUT2D eigenvalue weighted by molar-refractivity contribution is 5.34. The molecule has 0 spiro atoms. The normalized spacial score (nSPS) is 10.5. The fourth-order valence-corrected chi connectivity index (χ4v) is 0.676. The molecule has 0 heterocycles. The highest BCUT2D eigenvalue weighted by Crippen LogP contribution is 2.12. The molecular formula is C9H4F4. The van der Waals surface area contributed by atoms with Gasteiger partial charge in [-0.25, -0.2) is 4.39 Å². The molecule has 4 heteroatoms.